The van der Waals surface area contributed by atoms with Gasteiger partial charge in [0.2, 0.25) is 5.91 Å². The summed E-state index contributed by atoms with van der Waals surface area (Å²) in [7, 11) is 0. The van der Waals surface area contributed by atoms with Crippen LogP contribution >= 0.6 is 0 Å². The number of rotatable bonds is 5. The molecule has 5 nitrogen and oxygen atoms in total. The van der Waals surface area contributed by atoms with E-state index in [2.05, 4.69) is 5.32 Å². The van der Waals surface area contributed by atoms with Crippen LogP contribution in [0.2, 0.25) is 0 Å². The third-order valence-electron chi connectivity index (χ3n) is 5.85. The van der Waals surface area contributed by atoms with Crippen molar-refractivity contribution in [2.45, 2.75) is 38.6 Å². The van der Waals surface area contributed by atoms with Gasteiger partial charge < -0.3 is 10.2 Å². The van der Waals surface area contributed by atoms with E-state index in [1.54, 1.807) is 29.2 Å². The second kappa shape index (κ2) is 8.81. The number of carbonyl (C=O) groups excluding carboxylic acids is 2. The van der Waals surface area contributed by atoms with Gasteiger partial charge in [0, 0.05) is 35.9 Å². The summed E-state index contributed by atoms with van der Waals surface area (Å²) >= 11 is 0. The highest BCUT2D eigenvalue weighted by atomic mass is 19.1. The summed E-state index contributed by atoms with van der Waals surface area (Å²) in [4.78, 5) is 28.4. The van der Waals surface area contributed by atoms with E-state index in [1.165, 1.54) is 4.90 Å². The normalized spacial score (nSPS) is 17.5. The van der Waals surface area contributed by atoms with Gasteiger partial charge in [-0.3, -0.25) is 9.69 Å². The van der Waals surface area contributed by atoms with Gasteiger partial charge >= 0.3 is 6.03 Å². The second-order valence-electron chi connectivity index (χ2n) is 7.96. The smallest absolute Gasteiger partial charge is 0.324 e. The predicted molar refractivity (Wildman–Crippen MR) is 111 cm³/mol. The lowest BCUT2D eigenvalue weighted by Crippen LogP contribution is -2.49. The lowest BCUT2D eigenvalue weighted by molar-refractivity contribution is -0.119. The number of benzene rings is 2. The number of halogens is 2. The van der Waals surface area contributed by atoms with Crippen LogP contribution in [0.15, 0.2) is 42.5 Å². The summed E-state index contributed by atoms with van der Waals surface area (Å²) in [6.45, 7) is 1.06. The van der Waals surface area contributed by atoms with Gasteiger partial charge in [0.05, 0.1) is 6.54 Å². The minimum atomic E-state index is -0.525. The van der Waals surface area contributed by atoms with Crippen LogP contribution in [0.3, 0.4) is 0 Å². The van der Waals surface area contributed by atoms with Gasteiger partial charge in [-0.2, -0.15) is 0 Å². The number of nitrogens with one attached hydrogen (secondary N) is 1. The highest BCUT2D eigenvalue weighted by molar-refractivity contribution is 5.95. The lowest BCUT2D eigenvalue weighted by Gasteiger charge is -2.35. The average molecular weight is 413 g/mol. The van der Waals surface area contributed by atoms with Crippen LogP contribution < -0.4 is 10.2 Å². The van der Waals surface area contributed by atoms with Crippen LogP contribution in [-0.2, 0) is 11.3 Å². The maximum absolute atomic E-state index is 14.0. The molecular formula is C23H25F2N3O2. The Morgan fingerprint density at radius 1 is 1.00 bits per heavy atom. The maximum Gasteiger partial charge on any atom is 0.324 e. The van der Waals surface area contributed by atoms with Crippen molar-refractivity contribution in [2.24, 2.45) is 5.92 Å². The fraction of sp³-hybridized carbons (Fsp3) is 0.391. The van der Waals surface area contributed by atoms with E-state index in [0.29, 0.717) is 24.5 Å². The minimum absolute atomic E-state index is 0.0223. The molecule has 158 valence electrons. The Hall–Kier alpha value is -2.96. The number of nitrogens with zero attached hydrogens (tertiary/aromatic N) is 2. The summed E-state index contributed by atoms with van der Waals surface area (Å²) in [5, 5.41) is 2.95. The van der Waals surface area contributed by atoms with Crippen molar-refractivity contribution in [3.8, 4) is 0 Å². The van der Waals surface area contributed by atoms with E-state index in [9.17, 15) is 18.4 Å². The Balaban J connectivity index is 1.42. The van der Waals surface area contributed by atoms with Crippen LogP contribution in [-0.4, -0.2) is 29.9 Å². The van der Waals surface area contributed by atoms with E-state index in [1.807, 2.05) is 0 Å². The monoisotopic (exact) mass is 413 g/mol. The van der Waals surface area contributed by atoms with Crippen molar-refractivity contribution in [1.29, 1.82) is 0 Å². The zero-order valence-corrected chi connectivity index (χ0v) is 16.7. The first-order valence-corrected chi connectivity index (χ1v) is 10.4. The largest absolute Gasteiger partial charge is 0.326 e. The van der Waals surface area contributed by atoms with Crippen molar-refractivity contribution < 1.29 is 18.4 Å². The fourth-order valence-corrected chi connectivity index (χ4v) is 4.20. The predicted octanol–water partition coefficient (Wildman–Crippen LogP) is 4.93. The highest BCUT2D eigenvalue weighted by Crippen LogP contribution is 2.27. The number of carbonyl (C=O) groups is 2. The molecule has 2 aliphatic rings. The molecule has 0 atom stereocenters. The van der Waals surface area contributed by atoms with E-state index >= 15 is 0 Å². The first-order chi connectivity index (χ1) is 14.5. The molecule has 1 aliphatic carbocycles. The Morgan fingerprint density at radius 2 is 1.73 bits per heavy atom. The highest BCUT2D eigenvalue weighted by Gasteiger charge is 2.28. The molecule has 0 bridgehead atoms. The SMILES string of the molecule is O=C(Nc1ccc(N2CCCN(Cc3cc(F)ccc3F)C2=O)cc1)C1CCCC1. The molecular weight excluding hydrogens is 388 g/mol. The molecule has 30 heavy (non-hydrogen) atoms. The topological polar surface area (TPSA) is 52.7 Å². The van der Waals surface area contributed by atoms with Crippen molar-refractivity contribution in [2.75, 3.05) is 23.3 Å². The molecule has 1 saturated carbocycles. The Kier molecular flexibility index (Phi) is 5.97. The van der Waals surface area contributed by atoms with Crippen LogP contribution in [0.1, 0.15) is 37.7 Å². The average Bonchev–Trinajstić information content (AvgIpc) is 3.28. The van der Waals surface area contributed by atoms with Crippen LogP contribution in [0.5, 0.6) is 0 Å². The van der Waals surface area contributed by atoms with E-state index in [4.69, 9.17) is 0 Å². The maximum atomic E-state index is 14.0. The van der Waals surface area contributed by atoms with Gasteiger partial charge in [-0.25, -0.2) is 13.6 Å². The minimum Gasteiger partial charge on any atom is -0.326 e. The van der Waals surface area contributed by atoms with Gasteiger partial charge in [0.15, 0.2) is 0 Å². The Bertz CT molecular complexity index is 927. The summed E-state index contributed by atoms with van der Waals surface area (Å²) in [5.74, 6) is -0.908. The third-order valence-corrected chi connectivity index (χ3v) is 5.85. The van der Waals surface area contributed by atoms with Gasteiger partial charge in [0.25, 0.3) is 0 Å². The molecule has 2 aromatic rings. The van der Waals surface area contributed by atoms with Crippen molar-refractivity contribution in [1.82, 2.24) is 4.90 Å². The summed E-state index contributed by atoms with van der Waals surface area (Å²) < 4.78 is 27.4. The van der Waals surface area contributed by atoms with Crippen molar-refractivity contribution >= 4 is 23.3 Å². The first-order valence-electron chi connectivity index (χ1n) is 10.4. The van der Waals surface area contributed by atoms with Gasteiger partial charge in [-0.05, 0) is 61.7 Å². The molecule has 3 amide bonds. The zero-order chi connectivity index (χ0) is 21.1. The second-order valence-corrected chi connectivity index (χ2v) is 7.96. The van der Waals surface area contributed by atoms with E-state index in [0.717, 1.165) is 50.3 Å². The molecule has 1 N–H and O–H groups in total. The molecule has 7 heteroatoms. The molecule has 1 heterocycles. The molecule has 2 aromatic carbocycles. The molecule has 4 rings (SSSR count). The molecule has 0 aromatic heterocycles. The zero-order valence-electron chi connectivity index (χ0n) is 16.7. The van der Waals surface area contributed by atoms with E-state index < -0.39 is 11.6 Å². The third kappa shape index (κ3) is 4.45. The molecule has 1 aliphatic heterocycles. The number of hydrogen-bond donors (Lipinski definition) is 1. The summed E-state index contributed by atoms with van der Waals surface area (Å²) in [6, 6.07) is 10.2. The Morgan fingerprint density at radius 3 is 2.47 bits per heavy atom. The number of amides is 3. The van der Waals surface area contributed by atoms with Crippen LogP contribution in [0.25, 0.3) is 0 Å². The van der Waals surface area contributed by atoms with Gasteiger partial charge in [-0.1, -0.05) is 12.8 Å². The fourth-order valence-electron chi connectivity index (χ4n) is 4.20. The van der Waals surface area contributed by atoms with Crippen molar-refractivity contribution in [3.05, 3.63) is 59.7 Å². The molecule has 0 radical (unpaired) electrons. The van der Waals surface area contributed by atoms with Gasteiger partial charge in [0.1, 0.15) is 11.6 Å². The number of hydrogen-bond acceptors (Lipinski definition) is 2. The first kappa shape index (κ1) is 20.3. The Labute approximate surface area is 174 Å². The molecule has 1 saturated heterocycles. The quantitative estimate of drug-likeness (QED) is 0.756. The summed E-state index contributed by atoms with van der Waals surface area (Å²) in [6.07, 6.45) is 4.80. The molecule has 0 spiro atoms. The summed E-state index contributed by atoms with van der Waals surface area (Å²) in [5.41, 5.74) is 1.58. The standard InChI is InChI=1S/C23H25F2N3O2/c24-18-6-11-21(25)17(14-18)15-27-12-3-13-28(23(27)30)20-9-7-19(8-10-20)26-22(29)16-4-1-2-5-16/h6-11,14,16H,1-5,12-13,15H2,(H,26,29). The van der Waals surface area contributed by atoms with Crippen LogP contribution in [0, 0.1) is 17.6 Å². The molecule has 2 fully saturated rings. The number of anilines is 2. The van der Waals surface area contributed by atoms with Crippen molar-refractivity contribution in [3.63, 3.8) is 0 Å². The molecule has 0 unspecified atom stereocenters. The van der Waals surface area contributed by atoms with Crippen LogP contribution in [0.4, 0.5) is 25.0 Å². The number of urea groups is 1. The lowest BCUT2D eigenvalue weighted by atomic mass is 10.1. The van der Waals surface area contributed by atoms with E-state index in [-0.39, 0.29) is 30.0 Å². The van der Waals surface area contributed by atoms with Gasteiger partial charge in [-0.15, -0.1) is 0 Å².